The predicted octanol–water partition coefficient (Wildman–Crippen LogP) is 4.40. The van der Waals surface area contributed by atoms with Gasteiger partial charge in [0.2, 0.25) is 5.88 Å². The van der Waals surface area contributed by atoms with E-state index in [9.17, 15) is 8.42 Å². The molecule has 8 nitrogen and oxygen atoms in total. The van der Waals surface area contributed by atoms with Gasteiger partial charge in [0.25, 0.3) is 0 Å². The zero-order chi connectivity index (χ0) is 25.3. The van der Waals surface area contributed by atoms with Crippen LogP contribution >= 0.6 is 11.6 Å². The number of piperidine rings is 1. The second kappa shape index (κ2) is 10.3. The van der Waals surface area contributed by atoms with Gasteiger partial charge in [-0.2, -0.15) is 0 Å². The summed E-state index contributed by atoms with van der Waals surface area (Å²) in [6.45, 7) is 4.19. The van der Waals surface area contributed by atoms with E-state index in [0.29, 0.717) is 30.6 Å². The number of nitrogens with one attached hydrogen (secondary N) is 1. The average Bonchev–Trinajstić information content (AvgIpc) is 2.83. The molecule has 2 fully saturated rings. The highest BCUT2D eigenvalue weighted by Gasteiger charge is 2.40. The smallest absolute Gasteiger partial charge is 0.221 e. The number of hydrogen-bond donors (Lipinski definition) is 1. The number of fused-ring (bicyclic) bond motifs is 2. The topological polar surface area (TPSA) is 93.7 Å². The van der Waals surface area contributed by atoms with Crippen molar-refractivity contribution in [3.05, 3.63) is 71.0 Å². The highest BCUT2D eigenvalue weighted by Crippen LogP contribution is 2.34. The van der Waals surface area contributed by atoms with Crippen molar-refractivity contribution in [2.45, 2.75) is 49.4 Å². The summed E-state index contributed by atoms with van der Waals surface area (Å²) in [6, 6.07) is 15.7. The van der Waals surface area contributed by atoms with Crippen molar-refractivity contribution in [2.75, 3.05) is 24.8 Å². The van der Waals surface area contributed by atoms with Crippen molar-refractivity contribution in [2.24, 2.45) is 0 Å². The lowest BCUT2D eigenvalue weighted by Crippen LogP contribution is -2.58. The van der Waals surface area contributed by atoms with E-state index in [1.54, 1.807) is 6.07 Å². The van der Waals surface area contributed by atoms with Crippen molar-refractivity contribution < 1.29 is 17.9 Å². The van der Waals surface area contributed by atoms with Crippen molar-refractivity contribution in [3.63, 3.8) is 0 Å². The number of ether oxygens (including phenoxy) is 2. The van der Waals surface area contributed by atoms with E-state index in [-0.39, 0.29) is 28.1 Å². The molecule has 0 aliphatic carbocycles. The molecular weight excluding hydrogens is 500 g/mol. The third-order valence-electron chi connectivity index (χ3n) is 6.77. The van der Waals surface area contributed by atoms with Gasteiger partial charge in [-0.25, -0.2) is 18.4 Å². The molecule has 0 saturated carbocycles. The van der Waals surface area contributed by atoms with Crippen LogP contribution < -0.4 is 10.1 Å². The lowest BCUT2D eigenvalue weighted by atomic mass is 9.91. The van der Waals surface area contributed by atoms with E-state index in [1.165, 1.54) is 24.0 Å². The van der Waals surface area contributed by atoms with E-state index >= 15 is 0 Å². The molecule has 3 heterocycles. The first-order chi connectivity index (χ1) is 17.3. The number of aromatic nitrogens is 2. The van der Waals surface area contributed by atoms with Gasteiger partial charge in [0, 0.05) is 37.7 Å². The predicted molar refractivity (Wildman–Crippen MR) is 139 cm³/mol. The number of nitrogens with zero attached hydrogens (tertiary/aromatic N) is 3. The Bertz CT molecular complexity index is 1330. The van der Waals surface area contributed by atoms with Crippen molar-refractivity contribution in [3.8, 4) is 5.88 Å². The molecule has 5 rings (SSSR count). The standard InChI is InChI=1S/C26H29ClN4O4S/c1-17-25(30-24-9-8-22(12-23(24)27)36(2,32)33)28-16-29-26(17)35-21-10-19-14-34-15-20(11-21)31(19)13-18-6-4-3-5-7-18/h3-9,12,16,19-21H,10-11,13-15H2,1-2H3,(H,28,29,30)/t19-,20?,21+/m1/s1. The summed E-state index contributed by atoms with van der Waals surface area (Å²) in [7, 11) is -3.34. The van der Waals surface area contributed by atoms with Crippen LogP contribution in [-0.4, -0.2) is 60.9 Å². The summed E-state index contributed by atoms with van der Waals surface area (Å²) in [4.78, 5) is 11.4. The molecule has 36 heavy (non-hydrogen) atoms. The zero-order valence-electron chi connectivity index (χ0n) is 20.2. The maximum atomic E-state index is 11.8. The molecule has 3 atom stereocenters. The van der Waals surface area contributed by atoms with Crippen LogP contribution in [0.5, 0.6) is 5.88 Å². The van der Waals surface area contributed by atoms with E-state index in [4.69, 9.17) is 21.1 Å². The summed E-state index contributed by atoms with van der Waals surface area (Å²) in [5, 5.41) is 3.47. The maximum Gasteiger partial charge on any atom is 0.221 e. The number of hydrogen-bond acceptors (Lipinski definition) is 8. The fourth-order valence-corrected chi connectivity index (χ4v) is 5.82. The molecular formula is C26H29ClN4O4S. The molecule has 2 aliphatic rings. The van der Waals surface area contributed by atoms with Gasteiger partial charge >= 0.3 is 0 Å². The van der Waals surface area contributed by atoms with Gasteiger partial charge in [-0.3, -0.25) is 4.90 Å². The largest absolute Gasteiger partial charge is 0.474 e. The Labute approximate surface area is 216 Å². The minimum Gasteiger partial charge on any atom is -0.474 e. The lowest BCUT2D eigenvalue weighted by molar-refractivity contribution is -0.104. The number of benzene rings is 2. The minimum atomic E-state index is -3.34. The second-order valence-corrected chi connectivity index (χ2v) is 11.8. The number of sulfone groups is 1. The Morgan fingerprint density at radius 3 is 2.50 bits per heavy atom. The first-order valence-corrected chi connectivity index (χ1v) is 14.2. The van der Waals surface area contributed by atoms with Crippen LogP contribution in [0, 0.1) is 6.92 Å². The molecule has 190 valence electrons. The van der Waals surface area contributed by atoms with E-state index < -0.39 is 9.84 Å². The van der Waals surface area contributed by atoms with Crippen LogP contribution in [0.2, 0.25) is 5.02 Å². The molecule has 2 aromatic carbocycles. The van der Waals surface area contributed by atoms with E-state index in [1.807, 2.05) is 13.0 Å². The van der Waals surface area contributed by atoms with Crippen molar-refractivity contribution in [1.82, 2.24) is 14.9 Å². The lowest BCUT2D eigenvalue weighted by Gasteiger charge is -2.48. The minimum absolute atomic E-state index is 0.0232. The highest BCUT2D eigenvalue weighted by molar-refractivity contribution is 7.90. The Kier molecular flexibility index (Phi) is 7.16. The monoisotopic (exact) mass is 528 g/mol. The molecule has 0 radical (unpaired) electrons. The first-order valence-electron chi connectivity index (χ1n) is 11.9. The normalized spacial score (nSPS) is 22.2. The fraction of sp³-hybridized carbons (Fsp3) is 0.385. The van der Waals surface area contributed by atoms with Gasteiger partial charge in [0.1, 0.15) is 18.2 Å². The summed E-state index contributed by atoms with van der Waals surface area (Å²) in [5.74, 6) is 1.08. The Balaban J connectivity index is 1.29. The molecule has 1 N–H and O–H groups in total. The summed E-state index contributed by atoms with van der Waals surface area (Å²) in [5.41, 5.74) is 2.62. The average molecular weight is 529 g/mol. The van der Waals surface area contributed by atoms with Gasteiger partial charge < -0.3 is 14.8 Å². The Morgan fingerprint density at radius 2 is 1.83 bits per heavy atom. The van der Waals surface area contributed by atoms with Gasteiger partial charge in [-0.1, -0.05) is 41.9 Å². The molecule has 2 aliphatic heterocycles. The maximum absolute atomic E-state index is 11.8. The summed E-state index contributed by atoms with van der Waals surface area (Å²) in [6.07, 6.45) is 4.34. The third kappa shape index (κ3) is 5.49. The SMILES string of the molecule is Cc1c(Nc2ccc(S(C)(=O)=O)cc2Cl)ncnc1O[C@@H]1CC2COC[C@@H](C1)N2Cc1ccccc1. The van der Waals surface area contributed by atoms with Crippen LogP contribution in [0.1, 0.15) is 24.0 Å². The van der Waals surface area contributed by atoms with Crippen LogP contribution in [0.3, 0.4) is 0 Å². The van der Waals surface area contributed by atoms with Crippen molar-refractivity contribution >= 4 is 32.9 Å². The molecule has 2 bridgehead atoms. The van der Waals surface area contributed by atoms with Crippen molar-refractivity contribution in [1.29, 1.82) is 0 Å². The van der Waals surface area contributed by atoms with Gasteiger partial charge in [-0.05, 0) is 30.7 Å². The number of rotatable bonds is 7. The van der Waals surface area contributed by atoms with Crippen LogP contribution in [-0.2, 0) is 21.1 Å². The van der Waals surface area contributed by atoms with Gasteiger partial charge in [0.15, 0.2) is 9.84 Å². The van der Waals surface area contributed by atoms with E-state index in [2.05, 4.69) is 44.5 Å². The third-order valence-corrected chi connectivity index (χ3v) is 8.20. The van der Waals surface area contributed by atoms with Gasteiger partial charge in [-0.15, -0.1) is 0 Å². The van der Waals surface area contributed by atoms with Gasteiger partial charge in [0.05, 0.1) is 34.4 Å². The second-order valence-electron chi connectivity index (χ2n) is 9.41. The highest BCUT2D eigenvalue weighted by atomic mass is 35.5. The number of anilines is 2. The first kappa shape index (κ1) is 25.0. The van der Waals surface area contributed by atoms with E-state index in [0.717, 1.165) is 31.2 Å². The van der Waals surface area contributed by atoms with Crippen LogP contribution in [0.25, 0.3) is 0 Å². The zero-order valence-corrected chi connectivity index (χ0v) is 21.8. The summed E-state index contributed by atoms with van der Waals surface area (Å²) < 4.78 is 35.9. The molecule has 0 spiro atoms. The number of morpholine rings is 1. The number of halogens is 1. The molecule has 1 aromatic heterocycles. The fourth-order valence-electron chi connectivity index (χ4n) is 4.88. The Hall–Kier alpha value is -2.72. The molecule has 3 aromatic rings. The molecule has 10 heteroatoms. The molecule has 1 unspecified atom stereocenters. The molecule has 2 saturated heterocycles. The quantitative estimate of drug-likeness (QED) is 0.482. The molecule has 0 amide bonds. The van der Waals surface area contributed by atoms with Crippen LogP contribution in [0.4, 0.5) is 11.5 Å². The van der Waals surface area contributed by atoms with Crippen LogP contribution in [0.15, 0.2) is 59.8 Å². The summed E-state index contributed by atoms with van der Waals surface area (Å²) >= 11 is 6.34. The Morgan fingerprint density at radius 1 is 1.11 bits per heavy atom.